The number of hydrogen-bond acceptors (Lipinski definition) is 4. The highest BCUT2D eigenvalue weighted by Gasteiger charge is 2.25. The van der Waals surface area contributed by atoms with Crippen molar-refractivity contribution in [1.82, 2.24) is 9.62 Å². The quantitative estimate of drug-likeness (QED) is 0.751. The van der Waals surface area contributed by atoms with Crippen LogP contribution < -0.4 is 10.2 Å². The first kappa shape index (κ1) is 21.6. The Balaban J connectivity index is 1.96. The smallest absolute Gasteiger partial charge is 0.253 e. The van der Waals surface area contributed by atoms with Crippen molar-refractivity contribution in [3.8, 4) is 0 Å². The molecule has 2 aromatic rings. The second kappa shape index (κ2) is 8.73. The molecule has 0 aromatic heterocycles. The third-order valence-electron chi connectivity index (χ3n) is 5.13. The molecule has 1 saturated heterocycles. The molecule has 1 atom stereocenters. The molecule has 1 amide bonds. The van der Waals surface area contributed by atoms with Gasteiger partial charge < -0.3 is 10.2 Å². The SMILES string of the molecule is CC(NC(=O)c1cc(S(=O)(=O)N(C)C)ccc1N1CCCC1)c1cccc(Cl)c1. The van der Waals surface area contributed by atoms with Crippen LogP contribution in [0.3, 0.4) is 0 Å². The van der Waals surface area contributed by atoms with Crippen LogP contribution in [-0.4, -0.2) is 45.8 Å². The molecule has 0 spiro atoms. The van der Waals surface area contributed by atoms with Crippen molar-refractivity contribution in [3.05, 3.63) is 58.6 Å². The molecule has 0 saturated carbocycles. The molecule has 0 bridgehead atoms. The van der Waals surface area contributed by atoms with Gasteiger partial charge in [0.2, 0.25) is 10.0 Å². The Bertz CT molecular complexity index is 1000. The molecule has 1 aliphatic rings. The summed E-state index contributed by atoms with van der Waals surface area (Å²) in [5.41, 5.74) is 2.00. The van der Waals surface area contributed by atoms with Gasteiger partial charge in [0.05, 0.1) is 16.5 Å². The van der Waals surface area contributed by atoms with Crippen molar-refractivity contribution < 1.29 is 13.2 Å². The Morgan fingerprint density at radius 1 is 1.14 bits per heavy atom. The zero-order valence-electron chi connectivity index (χ0n) is 16.9. The van der Waals surface area contributed by atoms with Crippen molar-refractivity contribution in [1.29, 1.82) is 0 Å². The third kappa shape index (κ3) is 4.74. The summed E-state index contributed by atoms with van der Waals surface area (Å²) in [5.74, 6) is -0.310. The highest BCUT2D eigenvalue weighted by Crippen LogP contribution is 2.29. The maximum Gasteiger partial charge on any atom is 0.253 e. The van der Waals surface area contributed by atoms with E-state index in [0.717, 1.165) is 41.5 Å². The van der Waals surface area contributed by atoms with Gasteiger partial charge in [0.1, 0.15) is 0 Å². The van der Waals surface area contributed by atoms with Crippen LogP contribution in [0, 0.1) is 0 Å². The number of carbonyl (C=O) groups excluding carboxylic acids is 1. The first-order chi connectivity index (χ1) is 13.7. The minimum absolute atomic E-state index is 0.103. The van der Waals surface area contributed by atoms with Gasteiger partial charge in [-0.25, -0.2) is 12.7 Å². The maximum absolute atomic E-state index is 13.2. The summed E-state index contributed by atoms with van der Waals surface area (Å²) in [6, 6.07) is 11.8. The average molecular weight is 436 g/mol. The number of nitrogens with one attached hydrogen (secondary N) is 1. The van der Waals surface area contributed by atoms with E-state index in [9.17, 15) is 13.2 Å². The first-order valence-corrected chi connectivity index (χ1v) is 11.4. The summed E-state index contributed by atoms with van der Waals surface area (Å²) < 4.78 is 26.3. The minimum Gasteiger partial charge on any atom is -0.371 e. The normalized spacial score (nSPS) is 15.6. The molecule has 0 aliphatic carbocycles. The van der Waals surface area contributed by atoms with E-state index in [1.54, 1.807) is 24.3 Å². The number of nitrogens with zero attached hydrogens (tertiary/aromatic N) is 2. The van der Waals surface area contributed by atoms with Gasteiger partial charge in [-0.2, -0.15) is 0 Å². The molecule has 1 aliphatic heterocycles. The summed E-state index contributed by atoms with van der Waals surface area (Å²) >= 11 is 6.06. The zero-order chi connectivity index (χ0) is 21.2. The molecular formula is C21H26ClN3O3S. The lowest BCUT2D eigenvalue weighted by Gasteiger charge is -2.23. The lowest BCUT2D eigenvalue weighted by atomic mass is 10.1. The molecule has 8 heteroatoms. The largest absolute Gasteiger partial charge is 0.371 e. The average Bonchev–Trinajstić information content (AvgIpc) is 3.22. The van der Waals surface area contributed by atoms with Gasteiger partial charge in [-0.1, -0.05) is 23.7 Å². The third-order valence-corrected chi connectivity index (χ3v) is 7.18. The molecule has 1 N–H and O–H groups in total. The van der Waals surface area contributed by atoms with Gasteiger partial charge in [-0.05, 0) is 55.7 Å². The number of sulfonamides is 1. The van der Waals surface area contributed by atoms with Crippen molar-refractivity contribution in [3.63, 3.8) is 0 Å². The fourth-order valence-electron chi connectivity index (χ4n) is 3.44. The van der Waals surface area contributed by atoms with Crippen LogP contribution in [0.25, 0.3) is 0 Å². The second-order valence-corrected chi connectivity index (χ2v) is 10.00. The van der Waals surface area contributed by atoms with E-state index < -0.39 is 10.0 Å². The van der Waals surface area contributed by atoms with Gasteiger partial charge in [-0.15, -0.1) is 0 Å². The van der Waals surface area contributed by atoms with Crippen molar-refractivity contribution in [2.45, 2.75) is 30.7 Å². The van der Waals surface area contributed by atoms with Crippen molar-refractivity contribution in [2.75, 3.05) is 32.1 Å². The molecular weight excluding hydrogens is 410 g/mol. The number of rotatable bonds is 6. The number of carbonyl (C=O) groups is 1. The van der Waals surface area contributed by atoms with Gasteiger partial charge in [-0.3, -0.25) is 4.79 Å². The fourth-order valence-corrected chi connectivity index (χ4v) is 4.56. The summed E-state index contributed by atoms with van der Waals surface area (Å²) in [6.07, 6.45) is 2.11. The number of anilines is 1. The Morgan fingerprint density at radius 2 is 1.83 bits per heavy atom. The van der Waals surface area contributed by atoms with Crippen LogP contribution in [0.4, 0.5) is 5.69 Å². The molecule has 156 valence electrons. The zero-order valence-corrected chi connectivity index (χ0v) is 18.4. The second-order valence-electron chi connectivity index (χ2n) is 7.41. The molecule has 2 aromatic carbocycles. The predicted molar refractivity (Wildman–Crippen MR) is 116 cm³/mol. The minimum atomic E-state index is -3.64. The van der Waals surface area contributed by atoms with Crippen LogP contribution in [0.5, 0.6) is 0 Å². The molecule has 3 rings (SSSR count). The monoisotopic (exact) mass is 435 g/mol. The Hall–Kier alpha value is -2.09. The van der Waals surface area contributed by atoms with Crippen LogP contribution in [0.2, 0.25) is 5.02 Å². The molecule has 29 heavy (non-hydrogen) atoms. The maximum atomic E-state index is 13.2. The van der Waals surface area contributed by atoms with Gasteiger partial charge in [0.15, 0.2) is 0 Å². The van der Waals surface area contributed by atoms with E-state index in [0.29, 0.717) is 10.6 Å². The highest BCUT2D eigenvalue weighted by atomic mass is 35.5. The van der Waals surface area contributed by atoms with Crippen LogP contribution in [-0.2, 0) is 10.0 Å². The molecule has 0 radical (unpaired) electrons. The first-order valence-electron chi connectivity index (χ1n) is 9.58. The Labute approximate surface area is 177 Å². The summed E-state index contributed by atoms with van der Waals surface area (Å²) in [6.45, 7) is 3.58. The predicted octanol–water partition coefficient (Wildman–Crippen LogP) is 3.68. The topological polar surface area (TPSA) is 69.7 Å². The summed E-state index contributed by atoms with van der Waals surface area (Å²) in [5, 5.41) is 3.58. The van der Waals surface area contributed by atoms with E-state index in [1.165, 1.54) is 20.2 Å². The Morgan fingerprint density at radius 3 is 2.45 bits per heavy atom. The van der Waals surface area contributed by atoms with E-state index in [-0.39, 0.29) is 16.8 Å². The Kier molecular flexibility index (Phi) is 6.51. The highest BCUT2D eigenvalue weighted by molar-refractivity contribution is 7.89. The van der Waals surface area contributed by atoms with Crippen molar-refractivity contribution >= 4 is 33.2 Å². The summed E-state index contributed by atoms with van der Waals surface area (Å²) in [7, 11) is -0.688. The lowest BCUT2D eigenvalue weighted by Crippen LogP contribution is -2.30. The van der Waals surface area contributed by atoms with E-state index in [1.807, 2.05) is 19.1 Å². The van der Waals surface area contributed by atoms with Crippen LogP contribution >= 0.6 is 11.6 Å². The van der Waals surface area contributed by atoms with Crippen molar-refractivity contribution in [2.24, 2.45) is 0 Å². The fraction of sp³-hybridized carbons (Fsp3) is 0.381. The van der Waals surface area contributed by atoms with Crippen LogP contribution in [0.1, 0.15) is 41.7 Å². The standard InChI is InChI=1S/C21H26ClN3O3S/c1-15(16-7-6-8-17(22)13-16)23-21(26)19-14-18(29(27,28)24(2)3)9-10-20(19)25-11-4-5-12-25/h6-10,13-15H,4-5,11-12H2,1-3H3,(H,23,26). The van der Waals surface area contributed by atoms with E-state index in [4.69, 9.17) is 11.6 Å². The summed E-state index contributed by atoms with van der Waals surface area (Å²) in [4.78, 5) is 15.4. The molecule has 6 nitrogen and oxygen atoms in total. The van der Waals surface area contributed by atoms with Gasteiger partial charge in [0.25, 0.3) is 5.91 Å². The van der Waals surface area contributed by atoms with E-state index >= 15 is 0 Å². The van der Waals surface area contributed by atoms with Gasteiger partial charge in [0, 0.05) is 37.9 Å². The lowest BCUT2D eigenvalue weighted by molar-refractivity contribution is 0.0940. The number of hydrogen-bond donors (Lipinski definition) is 1. The van der Waals surface area contributed by atoms with Gasteiger partial charge >= 0.3 is 0 Å². The molecule has 1 unspecified atom stereocenters. The molecule has 1 heterocycles. The number of halogens is 1. The number of benzene rings is 2. The number of amides is 1. The molecule has 1 fully saturated rings. The van der Waals surface area contributed by atoms with E-state index in [2.05, 4.69) is 10.2 Å². The van der Waals surface area contributed by atoms with Crippen LogP contribution in [0.15, 0.2) is 47.4 Å².